The highest BCUT2D eigenvalue weighted by atomic mass is 16.5. The maximum Gasteiger partial charge on any atom is 0.255 e. The maximum absolute atomic E-state index is 12.5. The summed E-state index contributed by atoms with van der Waals surface area (Å²) in [6.45, 7) is 4.81. The van der Waals surface area contributed by atoms with Gasteiger partial charge in [0.1, 0.15) is 5.75 Å². The molecule has 3 aromatic carbocycles. The number of carbonyl (C=O) groups is 1. The molecule has 0 unspecified atom stereocenters. The van der Waals surface area contributed by atoms with Crippen LogP contribution in [0.3, 0.4) is 0 Å². The molecule has 0 atom stereocenters. The van der Waals surface area contributed by atoms with E-state index in [0.717, 1.165) is 17.1 Å². The summed E-state index contributed by atoms with van der Waals surface area (Å²) in [7, 11) is 0. The summed E-state index contributed by atoms with van der Waals surface area (Å²) in [5.74, 6) is 0.984. The van der Waals surface area contributed by atoms with Crippen molar-refractivity contribution >= 4 is 23.0 Å². The number of amides is 1. The van der Waals surface area contributed by atoms with Crippen LogP contribution in [0.25, 0.3) is 0 Å². The minimum Gasteiger partial charge on any atom is -0.493 e. The van der Waals surface area contributed by atoms with Gasteiger partial charge in [-0.2, -0.15) is 0 Å². The summed E-state index contributed by atoms with van der Waals surface area (Å²) >= 11 is 0. The van der Waals surface area contributed by atoms with Crippen LogP contribution in [-0.4, -0.2) is 12.5 Å². The number of para-hydroxylation sites is 1. The number of hydrogen-bond acceptors (Lipinski definition) is 3. The molecule has 0 saturated carbocycles. The summed E-state index contributed by atoms with van der Waals surface area (Å²) in [5, 5.41) is 6.24. The summed E-state index contributed by atoms with van der Waals surface area (Å²) in [5.41, 5.74) is 3.30. The maximum atomic E-state index is 12.5. The second kappa shape index (κ2) is 8.90. The standard InChI is InChI=1S/C23H24N2O2/c1-17(2)16-27-22-10-6-7-18(15-22)23(26)25-21-13-11-20(12-14-21)24-19-8-4-3-5-9-19/h3-15,17,24H,16H2,1-2H3,(H,25,26). The van der Waals surface area contributed by atoms with Gasteiger partial charge in [0.2, 0.25) is 0 Å². The Morgan fingerprint density at radius 1 is 0.852 bits per heavy atom. The van der Waals surface area contributed by atoms with E-state index >= 15 is 0 Å². The molecule has 0 aromatic heterocycles. The number of anilines is 3. The monoisotopic (exact) mass is 360 g/mol. The normalized spacial score (nSPS) is 10.5. The molecule has 4 heteroatoms. The number of benzene rings is 3. The molecule has 0 fully saturated rings. The fourth-order valence-corrected chi connectivity index (χ4v) is 2.52. The van der Waals surface area contributed by atoms with E-state index in [0.29, 0.717) is 23.8 Å². The predicted molar refractivity (Wildman–Crippen MR) is 111 cm³/mol. The lowest BCUT2D eigenvalue weighted by Gasteiger charge is -2.11. The van der Waals surface area contributed by atoms with Crippen molar-refractivity contribution in [2.45, 2.75) is 13.8 Å². The minimum absolute atomic E-state index is 0.159. The number of ether oxygens (including phenoxy) is 1. The lowest BCUT2D eigenvalue weighted by molar-refractivity contribution is 0.102. The molecular formula is C23H24N2O2. The van der Waals surface area contributed by atoms with E-state index in [4.69, 9.17) is 4.74 Å². The average Bonchev–Trinajstić information content (AvgIpc) is 2.69. The summed E-state index contributed by atoms with van der Waals surface area (Å²) in [6, 6.07) is 24.8. The second-order valence-electron chi connectivity index (χ2n) is 6.76. The molecule has 0 saturated heterocycles. The third-order valence-electron chi connectivity index (χ3n) is 3.88. The summed E-state index contributed by atoms with van der Waals surface area (Å²) in [4.78, 5) is 12.5. The van der Waals surface area contributed by atoms with Crippen molar-refractivity contribution in [2.24, 2.45) is 5.92 Å². The molecule has 3 rings (SSSR count). The first-order valence-electron chi connectivity index (χ1n) is 9.06. The van der Waals surface area contributed by atoms with Gasteiger partial charge in [-0.25, -0.2) is 0 Å². The van der Waals surface area contributed by atoms with Gasteiger partial charge in [-0.05, 0) is 60.5 Å². The lowest BCUT2D eigenvalue weighted by Crippen LogP contribution is -2.12. The fraction of sp³-hybridized carbons (Fsp3) is 0.174. The number of hydrogen-bond donors (Lipinski definition) is 2. The van der Waals surface area contributed by atoms with E-state index < -0.39 is 0 Å². The van der Waals surface area contributed by atoms with Gasteiger partial charge in [0, 0.05) is 22.6 Å². The van der Waals surface area contributed by atoms with Crippen molar-refractivity contribution in [1.29, 1.82) is 0 Å². The van der Waals surface area contributed by atoms with Gasteiger partial charge in [0.25, 0.3) is 5.91 Å². The van der Waals surface area contributed by atoms with Crippen LogP contribution < -0.4 is 15.4 Å². The SMILES string of the molecule is CC(C)COc1cccc(C(=O)Nc2ccc(Nc3ccccc3)cc2)c1. The Labute approximate surface area is 160 Å². The van der Waals surface area contributed by atoms with Gasteiger partial charge in [-0.3, -0.25) is 4.79 Å². The topological polar surface area (TPSA) is 50.4 Å². The van der Waals surface area contributed by atoms with Crippen LogP contribution in [0.1, 0.15) is 24.2 Å². The first-order chi connectivity index (χ1) is 13.1. The van der Waals surface area contributed by atoms with Crippen molar-refractivity contribution < 1.29 is 9.53 Å². The van der Waals surface area contributed by atoms with Crippen molar-refractivity contribution in [2.75, 3.05) is 17.2 Å². The third-order valence-corrected chi connectivity index (χ3v) is 3.88. The molecule has 1 amide bonds. The molecule has 0 spiro atoms. The summed E-state index contributed by atoms with van der Waals surface area (Å²) < 4.78 is 5.69. The van der Waals surface area contributed by atoms with Crippen LogP contribution >= 0.6 is 0 Å². The van der Waals surface area contributed by atoms with Gasteiger partial charge < -0.3 is 15.4 Å². The molecule has 0 aliphatic carbocycles. The highest BCUT2D eigenvalue weighted by Gasteiger charge is 2.08. The van der Waals surface area contributed by atoms with Crippen LogP contribution in [0, 0.1) is 5.92 Å². The Morgan fingerprint density at radius 2 is 1.52 bits per heavy atom. The van der Waals surface area contributed by atoms with E-state index in [2.05, 4.69) is 24.5 Å². The van der Waals surface area contributed by atoms with E-state index in [-0.39, 0.29) is 5.91 Å². The summed E-state index contributed by atoms with van der Waals surface area (Å²) in [6.07, 6.45) is 0. The Morgan fingerprint density at radius 3 is 2.22 bits per heavy atom. The molecule has 138 valence electrons. The van der Waals surface area contributed by atoms with Gasteiger partial charge in [0.15, 0.2) is 0 Å². The number of rotatable bonds is 7. The minimum atomic E-state index is -0.159. The molecule has 0 aliphatic rings. The van der Waals surface area contributed by atoms with E-state index in [1.165, 1.54) is 0 Å². The second-order valence-corrected chi connectivity index (χ2v) is 6.76. The molecule has 0 aliphatic heterocycles. The van der Waals surface area contributed by atoms with E-state index in [1.54, 1.807) is 12.1 Å². The molecule has 3 aromatic rings. The van der Waals surface area contributed by atoms with Crippen LogP contribution in [0.2, 0.25) is 0 Å². The van der Waals surface area contributed by atoms with Crippen LogP contribution in [0.4, 0.5) is 17.1 Å². The zero-order chi connectivity index (χ0) is 19.1. The van der Waals surface area contributed by atoms with Crippen molar-refractivity contribution in [3.8, 4) is 5.75 Å². The largest absolute Gasteiger partial charge is 0.493 e. The third kappa shape index (κ3) is 5.61. The molecular weight excluding hydrogens is 336 g/mol. The van der Waals surface area contributed by atoms with Crippen molar-refractivity contribution in [3.63, 3.8) is 0 Å². The highest BCUT2D eigenvalue weighted by molar-refractivity contribution is 6.04. The van der Waals surface area contributed by atoms with E-state index in [9.17, 15) is 4.79 Å². The van der Waals surface area contributed by atoms with Crippen LogP contribution in [-0.2, 0) is 0 Å². The fourth-order valence-electron chi connectivity index (χ4n) is 2.52. The number of nitrogens with one attached hydrogen (secondary N) is 2. The molecule has 0 bridgehead atoms. The highest BCUT2D eigenvalue weighted by Crippen LogP contribution is 2.20. The molecule has 4 nitrogen and oxygen atoms in total. The Hall–Kier alpha value is -3.27. The van der Waals surface area contributed by atoms with Crippen molar-refractivity contribution in [3.05, 3.63) is 84.4 Å². The van der Waals surface area contributed by atoms with Crippen molar-refractivity contribution in [1.82, 2.24) is 0 Å². The average molecular weight is 360 g/mol. The predicted octanol–water partition coefficient (Wildman–Crippen LogP) is 5.72. The smallest absolute Gasteiger partial charge is 0.255 e. The van der Waals surface area contributed by atoms with Gasteiger partial charge in [0.05, 0.1) is 6.61 Å². The van der Waals surface area contributed by atoms with Crippen LogP contribution in [0.15, 0.2) is 78.9 Å². The van der Waals surface area contributed by atoms with Gasteiger partial charge in [-0.15, -0.1) is 0 Å². The van der Waals surface area contributed by atoms with E-state index in [1.807, 2.05) is 66.7 Å². The Kier molecular flexibility index (Phi) is 6.10. The molecule has 0 radical (unpaired) electrons. The van der Waals surface area contributed by atoms with Gasteiger partial charge in [-0.1, -0.05) is 38.1 Å². The first kappa shape index (κ1) is 18.5. The molecule has 2 N–H and O–H groups in total. The molecule has 0 heterocycles. The first-order valence-corrected chi connectivity index (χ1v) is 9.06. The van der Waals surface area contributed by atoms with Gasteiger partial charge >= 0.3 is 0 Å². The van der Waals surface area contributed by atoms with Crippen LogP contribution in [0.5, 0.6) is 5.75 Å². The quantitative estimate of drug-likeness (QED) is 0.567. The number of carbonyl (C=O) groups excluding carboxylic acids is 1. The lowest BCUT2D eigenvalue weighted by atomic mass is 10.2. The Balaban J connectivity index is 1.61. The zero-order valence-electron chi connectivity index (χ0n) is 15.6. The molecule has 27 heavy (non-hydrogen) atoms. The Bertz CT molecular complexity index is 874. The zero-order valence-corrected chi connectivity index (χ0v) is 15.6.